The molecule has 2 heterocycles. The van der Waals surface area contributed by atoms with Gasteiger partial charge in [0.2, 0.25) is 0 Å². The van der Waals surface area contributed by atoms with Gasteiger partial charge in [-0.25, -0.2) is 0 Å². The fraction of sp³-hybridized carbons (Fsp3) is 0.778. The molecule has 0 amide bonds. The minimum atomic E-state index is 0. The lowest BCUT2D eigenvalue weighted by molar-refractivity contribution is 0.0721. The van der Waals surface area contributed by atoms with Crippen molar-refractivity contribution in [2.45, 2.75) is 32.2 Å². The number of hydrogen-bond donors (Lipinski definition) is 1. The normalized spacial score (nSPS) is 20.4. The van der Waals surface area contributed by atoms with E-state index >= 15 is 0 Å². The highest BCUT2D eigenvalue weighted by molar-refractivity contribution is 14.0. The van der Waals surface area contributed by atoms with Gasteiger partial charge in [0.25, 0.3) is 0 Å². The standard InChI is InChI=1S/C18H31N5O2.HI/c1-19-17(20-15-18(5-3-6-18)7-13-24-2)23-10-8-22(9-11-23)14-16-4-12-25-21-16;/h4,12H,3,5-11,13-15H2,1-2H3,(H,19,20);1H. The summed E-state index contributed by atoms with van der Waals surface area (Å²) in [5.74, 6) is 1.03. The minimum Gasteiger partial charge on any atom is -0.385 e. The highest BCUT2D eigenvalue weighted by Gasteiger charge is 2.36. The first kappa shape index (κ1) is 21.4. The molecule has 8 heteroatoms. The summed E-state index contributed by atoms with van der Waals surface area (Å²) >= 11 is 0. The Morgan fingerprint density at radius 2 is 2.12 bits per heavy atom. The molecule has 0 spiro atoms. The molecule has 1 N–H and O–H groups in total. The summed E-state index contributed by atoms with van der Waals surface area (Å²) in [6.07, 6.45) is 6.71. The van der Waals surface area contributed by atoms with E-state index in [2.05, 4.69) is 25.3 Å². The van der Waals surface area contributed by atoms with Crippen LogP contribution in [0, 0.1) is 5.41 Å². The van der Waals surface area contributed by atoms with Crippen LogP contribution >= 0.6 is 24.0 Å². The van der Waals surface area contributed by atoms with Gasteiger partial charge in [-0.05, 0) is 24.7 Å². The first-order valence-electron chi connectivity index (χ1n) is 9.31. The number of methoxy groups -OCH3 is 1. The first-order valence-corrected chi connectivity index (χ1v) is 9.31. The van der Waals surface area contributed by atoms with Gasteiger partial charge in [-0.15, -0.1) is 24.0 Å². The number of halogens is 1. The van der Waals surface area contributed by atoms with E-state index in [-0.39, 0.29) is 24.0 Å². The summed E-state index contributed by atoms with van der Waals surface area (Å²) in [6, 6.07) is 1.94. The number of hydrogen-bond acceptors (Lipinski definition) is 5. The zero-order valence-electron chi connectivity index (χ0n) is 15.9. The van der Waals surface area contributed by atoms with E-state index in [4.69, 9.17) is 9.26 Å². The third-order valence-electron chi connectivity index (χ3n) is 5.63. The predicted octanol–water partition coefficient (Wildman–Crippen LogP) is 2.19. The number of nitrogens with one attached hydrogen (secondary N) is 1. The van der Waals surface area contributed by atoms with Crippen LogP contribution in [0.15, 0.2) is 21.8 Å². The highest BCUT2D eigenvalue weighted by atomic mass is 127. The molecule has 1 aromatic heterocycles. The molecule has 0 unspecified atom stereocenters. The van der Waals surface area contributed by atoms with Gasteiger partial charge < -0.3 is 19.5 Å². The summed E-state index contributed by atoms with van der Waals surface area (Å²) < 4.78 is 10.2. The quantitative estimate of drug-likeness (QED) is 0.369. The molecule has 148 valence electrons. The van der Waals surface area contributed by atoms with Crippen molar-refractivity contribution >= 4 is 29.9 Å². The average Bonchev–Trinajstić information content (AvgIpc) is 3.11. The molecule has 0 radical (unpaired) electrons. The molecule has 2 fully saturated rings. The van der Waals surface area contributed by atoms with E-state index in [1.807, 2.05) is 13.1 Å². The molecule has 1 saturated heterocycles. The van der Waals surface area contributed by atoms with Crippen LogP contribution in [0.5, 0.6) is 0 Å². The van der Waals surface area contributed by atoms with Gasteiger partial charge in [-0.3, -0.25) is 9.89 Å². The van der Waals surface area contributed by atoms with Gasteiger partial charge in [0.15, 0.2) is 5.96 Å². The molecule has 2 aliphatic rings. The maximum absolute atomic E-state index is 5.29. The Hall–Kier alpha value is -0.870. The molecule has 0 bridgehead atoms. The molecule has 0 atom stereocenters. The summed E-state index contributed by atoms with van der Waals surface area (Å²) in [7, 11) is 3.67. The molecule has 1 aromatic rings. The van der Waals surface area contributed by atoms with Crippen LogP contribution in [0.25, 0.3) is 0 Å². The molecule has 7 nitrogen and oxygen atoms in total. The van der Waals surface area contributed by atoms with Gasteiger partial charge >= 0.3 is 0 Å². The van der Waals surface area contributed by atoms with Crippen molar-refractivity contribution in [2.24, 2.45) is 10.4 Å². The Kier molecular flexibility index (Phi) is 8.62. The Labute approximate surface area is 173 Å². The van der Waals surface area contributed by atoms with Gasteiger partial charge in [0.1, 0.15) is 6.26 Å². The molecular weight excluding hydrogens is 445 g/mol. The largest absolute Gasteiger partial charge is 0.385 e. The number of aliphatic imine (C=N–C) groups is 1. The van der Waals surface area contributed by atoms with Crippen molar-refractivity contribution in [1.82, 2.24) is 20.3 Å². The smallest absolute Gasteiger partial charge is 0.193 e. The van der Waals surface area contributed by atoms with E-state index in [1.54, 1.807) is 13.4 Å². The summed E-state index contributed by atoms with van der Waals surface area (Å²) in [4.78, 5) is 9.28. The van der Waals surface area contributed by atoms with Gasteiger partial charge in [0, 0.05) is 66.1 Å². The molecular formula is C18H32IN5O2. The van der Waals surface area contributed by atoms with Crippen LogP contribution in [0.3, 0.4) is 0 Å². The monoisotopic (exact) mass is 477 g/mol. The van der Waals surface area contributed by atoms with Crippen LogP contribution < -0.4 is 5.32 Å². The molecule has 1 aliphatic carbocycles. The molecule has 0 aromatic carbocycles. The lowest BCUT2D eigenvalue weighted by atomic mass is 9.67. The second-order valence-electron chi connectivity index (χ2n) is 7.25. The number of aromatic nitrogens is 1. The first-order chi connectivity index (χ1) is 12.2. The van der Waals surface area contributed by atoms with Gasteiger partial charge in [0.05, 0.1) is 5.69 Å². The Morgan fingerprint density at radius 3 is 2.65 bits per heavy atom. The molecule has 3 rings (SSSR count). The molecule has 1 saturated carbocycles. The summed E-state index contributed by atoms with van der Waals surface area (Å²) in [5.41, 5.74) is 1.40. The number of piperazine rings is 1. The number of rotatable bonds is 7. The van der Waals surface area contributed by atoms with Crippen LogP contribution in [-0.4, -0.2) is 74.4 Å². The zero-order valence-corrected chi connectivity index (χ0v) is 18.3. The number of nitrogens with zero attached hydrogens (tertiary/aromatic N) is 4. The lowest BCUT2D eigenvalue weighted by Crippen LogP contribution is -2.54. The van der Waals surface area contributed by atoms with Crippen LogP contribution in [0.1, 0.15) is 31.4 Å². The van der Waals surface area contributed by atoms with E-state index in [9.17, 15) is 0 Å². The third-order valence-corrected chi connectivity index (χ3v) is 5.63. The van der Waals surface area contributed by atoms with E-state index < -0.39 is 0 Å². The predicted molar refractivity (Wildman–Crippen MR) is 113 cm³/mol. The topological polar surface area (TPSA) is 66.1 Å². The van der Waals surface area contributed by atoms with E-state index in [0.29, 0.717) is 5.41 Å². The maximum Gasteiger partial charge on any atom is 0.193 e. The fourth-order valence-corrected chi connectivity index (χ4v) is 3.78. The minimum absolute atomic E-state index is 0. The maximum atomic E-state index is 5.29. The molecule has 1 aliphatic heterocycles. The highest BCUT2D eigenvalue weighted by Crippen LogP contribution is 2.43. The van der Waals surface area contributed by atoms with Gasteiger partial charge in [-0.2, -0.15) is 0 Å². The van der Waals surface area contributed by atoms with E-state index in [1.165, 1.54) is 19.3 Å². The summed E-state index contributed by atoms with van der Waals surface area (Å²) in [5, 5.41) is 7.63. The van der Waals surface area contributed by atoms with Gasteiger partial charge in [-0.1, -0.05) is 11.6 Å². The van der Waals surface area contributed by atoms with Crippen LogP contribution in [0.4, 0.5) is 0 Å². The van der Waals surface area contributed by atoms with Crippen molar-refractivity contribution in [3.8, 4) is 0 Å². The average molecular weight is 477 g/mol. The lowest BCUT2D eigenvalue weighted by Gasteiger charge is -2.43. The van der Waals surface area contributed by atoms with Crippen LogP contribution in [-0.2, 0) is 11.3 Å². The van der Waals surface area contributed by atoms with Crippen molar-refractivity contribution in [2.75, 3.05) is 53.5 Å². The van der Waals surface area contributed by atoms with Crippen molar-refractivity contribution in [3.63, 3.8) is 0 Å². The van der Waals surface area contributed by atoms with Crippen LogP contribution in [0.2, 0.25) is 0 Å². The number of ether oxygens (including phenoxy) is 1. The Balaban J connectivity index is 0.00000243. The Bertz CT molecular complexity index is 540. The second kappa shape index (κ2) is 10.5. The molecule has 26 heavy (non-hydrogen) atoms. The van der Waals surface area contributed by atoms with Crippen molar-refractivity contribution in [1.29, 1.82) is 0 Å². The SMILES string of the molecule is CN=C(NCC1(CCOC)CCC1)N1CCN(Cc2ccon2)CC1.I. The fourth-order valence-electron chi connectivity index (χ4n) is 3.78. The Morgan fingerprint density at radius 1 is 1.35 bits per heavy atom. The van der Waals surface area contributed by atoms with E-state index in [0.717, 1.165) is 63.9 Å². The number of guanidine groups is 1. The van der Waals surface area contributed by atoms with Crippen molar-refractivity contribution in [3.05, 3.63) is 18.0 Å². The third kappa shape index (κ3) is 5.56. The van der Waals surface area contributed by atoms with Crippen molar-refractivity contribution < 1.29 is 9.26 Å². The second-order valence-corrected chi connectivity index (χ2v) is 7.25. The summed E-state index contributed by atoms with van der Waals surface area (Å²) in [6.45, 7) is 6.72. The zero-order chi connectivity index (χ0) is 17.5.